The summed E-state index contributed by atoms with van der Waals surface area (Å²) in [6.07, 6.45) is 0. The summed E-state index contributed by atoms with van der Waals surface area (Å²) in [6, 6.07) is 3.23. The van der Waals surface area contributed by atoms with Crippen LogP contribution in [-0.2, 0) is 14.8 Å². The first kappa shape index (κ1) is 13.6. The molecular formula is C10H12FNO4S. The quantitative estimate of drug-likeness (QED) is 0.871. The Hall–Kier alpha value is -1.47. The number of likely N-dealkylation sites (N-methyl/N-ethyl adjacent to an activating group) is 1. The van der Waals surface area contributed by atoms with Crippen LogP contribution < -0.4 is 0 Å². The average molecular weight is 261 g/mol. The maximum atomic E-state index is 12.8. The number of rotatable bonds is 4. The molecule has 17 heavy (non-hydrogen) atoms. The molecule has 0 heterocycles. The van der Waals surface area contributed by atoms with Crippen LogP contribution in [0.25, 0.3) is 0 Å². The number of hydrogen-bond acceptors (Lipinski definition) is 3. The van der Waals surface area contributed by atoms with Crippen molar-refractivity contribution >= 4 is 16.0 Å². The van der Waals surface area contributed by atoms with Crippen LogP contribution in [-0.4, -0.2) is 37.4 Å². The summed E-state index contributed by atoms with van der Waals surface area (Å²) in [7, 11) is -2.74. The van der Waals surface area contributed by atoms with Gasteiger partial charge in [-0.2, -0.15) is 4.31 Å². The molecule has 0 unspecified atom stereocenters. The normalized spacial score (nSPS) is 11.8. The van der Waals surface area contributed by atoms with Gasteiger partial charge < -0.3 is 5.11 Å². The zero-order valence-corrected chi connectivity index (χ0v) is 10.2. The molecule has 94 valence electrons. The van der Waals surface area contributed by atoms with E-state index >= 15 is 0 Å². The fourth-order valence-electron chi connectivity index (χ4n) is 1.35. The van der Waals surface area contributed by atoms with E-state index in [1.54, 1.807) is 0 Å². The molecule has 7 heteroatoms. The van der Waals surface area contributed by atoms with Crippen LogP contribution in [0.15, 0.2) is 23.1 Å². The van der Waals surface area contributed by atoms with Gasteiger partial charge in [0.25, 0.3) is 0 Å². The molecule has 0 saturated heterocycles. The minimum absolute atomic E-state index is 0.0948. The van der Waals surface area contributed by atoms with Crippen LogP contribution in [0.4, 0.5) is 4.39 Å². The monoisotopic (exact) mass is 261 g/mol. The van der Waals surface area contributed by atoms with E-state index in [4.69, 9.17) is 5.11 Å². The van der Waals surface area contributed by atoms with Gasteiger partial charge in [0.15, 0.2) is 0 Å². The third kappa shape index (κ3) is 3.01. The van der Waals surface area contributed by atoms with Gasteiger partial charge in [-0.3, -0.25) is 4.79 Å². The Balaban J connectivity index is 3.17. The number of aryl methyl sites for hydroxylation is 1. The Bertz CT molecular complexity index is 541. The third-order valence-electron chi connectivity index (χ3n) is 2.18. The van der Waals surface area contributed by atoms with Crippen molar-refractivity contribution in [2.45, 2.75) is 11.8 Å². The van der Waals surface area contributed by atoms with Crippen molar-refractivity contribution < 1.29 is 22.7 Å². The summed E-state index contributed by atoms with van der Waals surface area (Å²) in [6.45, 7) is 0.809. The predicted molar refractivity (Wildman–Crippen MR) is 58.6 cm³/mol. The highest BCUT2D eigenvalue weighted by Gasteiger charge is 2.24. The molecule has 1 aromatic carbocycles. The Kier molecular flexibility index (Phi) is 3.84. The van der Waals surface area contributed by atoms with Crippen LogP contribution in [0.3, 0.4) is 0 Å². The molecule has 1 aromatic rings. The number of carbonyl (C=O) groups is 1. The standard InChI is InChI=1S/C10H12FNO4S/c1-7-5-8(11)3-4-9(7)17(15,16)12(2)6-10(13)14/h3-5H,6H2,1-2H3,(H,13,14). The maximum Gasteiger partial charge on any atom is 0.318 e. The number of carboxylic acids is 1. The number of hydrogen-bond donors (Lipinski definition) is 1. The number of benzene rings is 1. The van der Waals surface area contributed by atoms with Gasteiger partial charge in [0.2, 0.25) is 10.0 Å². The Morgan fingerprint density at radius 1 is 1.47 bits per heavy atom. The van der Waals surface area contributed by atoms with Crippen molar-refractivity contribution in [1.82, 2.24) is 4.31 Å². The highest BCUT2D eigenvalue weighted by atomic mass is 32.2. The second-order valence-electron chi connectivity index (χ2n) is 3.56. The fourth-order valence-corrected chi connectivity index (χ4v) is 2.67. The summed E-state index contributed by atoms with van der Waals surface area (Å²) in [5, 5.41) is 8.54. The van der Waals surface area contributed by atoms with E-state index in [0.717, 1.165) is 25.2 Å². The number of halogens is 1. The van der Waals surface area contributed by atoms with E-state index in [9.17, 15) is 17.6 Å². The summed E-state index contributed by atoms with van der Waals surface area (Å²) in [5.41, 5.74) is 0.238. The molecule has 0 aliphatic heterocycles. The van der Waals surface area contributed by atoms with Crippen LogP contribution >= 0.6 is 0 Å². The molecule has 0 fully saturated rings. The van der Waals surface area contributed by atoms with E-state index in [1.807, 2.05) is 0 Å². The average Bonchev–Trinajstić information content (AvgIpc) is 2.15. The summed E-state index contributed by atoms with van der Waals surface area (Å²) in [5.74, 6) is -1.79. The second-order valence-corrected chi connectivity index (χ2v) is 5.58. The lowest BCUT2D eigenvalue weighted by Crippen LogP contribution is -2.32. The van der Waals surface area contributed by atoms with Crippen molar-refractivity contribution in [3.63, 3.8) is 0 Å². The fraction of sp³-hybridized carbons (Fsp3) is 0.300. The van der Waals surface area contributed by atoms with Crippen LogP contribution in [0.2, 0.25) is 0 Å². The molecule has 0 atom stereocenters. The molecule has 0 amide bonds. The molecule has 0 radical (unpaired) electrons. The first-order chi connectivity index (χ1) is 7.75. The lowest BCUT2D eigenvalue weighted by atomic mass is 10.2. The van der Waals surface area contributed by atoms with Crippen LogP contribution in [0, 0.1) is 12.7 Å². The van der Waals surface area contributed by atoms with Crippen molar-refractivity contribution in [3.05, 3.63) is 29.6 Å². The molecule has 0 aliphatic carbocycles. The van der Waals surface area contributed by atoms with Gasteiger partial charge in [-0.15, -0.1) is 0 Å². The maximum absolute atomic E-state index is 12.8. The Labute approximate surface area is 98.5 Å². The zero-order chi connectivity index (χ0) is 13.2. The van der Waals surface area contributed by atoms with Crippen LogP contribution in [0.1, 0.15) is 5.56 Å². The number of nitrogens with zero attached hydrogens (tertiary/aromatic N) is 1. The lowest BCUT2D eigenvalue weighted by Gasteiger charge is -2.16. The molecule has 1 rings (SSSR count). The summed E-state index contributed by atoms with van der Waals surface area (Å²) < 4.78 is 37.4. The number of carboxylic acid groups (broad SMARTS) is 1. The van der Waals surface area contributed by atoms with Gasteiger partial charge in [0.05, 0.1) is 4.90 Å². The van der Waals surface area contributed by atoms with Gasteiger partial charge in [0, 0.05) is 7.05 Å². The molecule has 0 saturated carbocycles. The molecule has 0 spiro atoms. The van der Waals surface area contributed by atoms with Gasteiger partial charge in [-0.25, -0.2) is 12.8 Å². The SMILES string of the molecule is Cc1cc(F)ccc1S(=O)(=O)N(C)CC(=O)O. The van der Waals surface area contributed by atoms with E-state index in [2.05, 4.69) is 0 Å². The minimum atomic E-state index is -3.90. The number of sulfonamides is 1. The molecular weight excluding hydrogens is 249 g/mol. The van der Waals surface area contributed by atoms with E-state index < -0.39 is 28.4 Å². The van der Waals surface area contributed by atoms with Crippen molar-refractivity contribution in [1.29, 1.82) is 0 Å². The summed E-state index contributed by atoms with van der Waals surface area (Å²) >= 11 is 0. The number of aliphatic carboxylic acids is 1. The van der Waals surface area contributed by atoms with Crippen LogP contribution in [0.5, 0.6) is 0 Å². The molecule has 5 nitrogen and oxygen atoms in total. The molecule has 0 aliphatic rings. The first-order valence-electron chi connectivity index (χ1n) is 4.69. The highest BCUT2D eigenvalue weighted by Crippen LogP contribution is 2.19. The van der Waals surface area contributed by atoms with E-state index in [1.165, 1.54) is 6.92 Å². The van der Waals surface area contributed by atoms with Crippen molar-refractivity contribution in [2.24, 2.45) is 0 Å². The molecule has 0 bridgehead atoms. The topological polar surface area (TPSA) is 74.7 Å². The van der Waals surface area contributed by atoms with E-state index in [-0.39, 0.29) is 10.5 Å². The minimum Gasteiger partial charge on any atom is -0.480 e. The van der Waals surface area contributed by atoms with E-state index in [0.29, 0.717) is 4.31 Å². The largest absolute Gasteiger partial charge is 0.480 e. The van der Waals surface area contributed by atoms with Crippen molar-refractivity contribution in [2.75, 3.05) is 13.6 Å². The van der Waals surface area contributed by atoms with Gasteiger partial charge in [0.1, 0.15) is 12.4 Å². The Morgan fingerprint density at radius 2 is 2.06 bits per heavy atom. The Morgan fingerprint density at radius 3 is 2.53 bits per heavy atom. The molecule has 1 N–H and O–H groups in total. The van der Waals surface area contributed by atoms with Gasteiger partial charge in [-0.05, 0) is 30.7 Å². The second kappa shape index (κ2) is 4.80. The van der Waals surface area contributed by atoms with Gasteiger partial charge in [-0.1, -0.05) is 0 Å². The first-order valence-corrected chi connectivity index (χ1v) is 6.13. The highest BCUT2D eigenvalue weighted by molar-refractivity contribution is 7.89. The van der Waals surface area contributed by atoms with Crippen molar-refractivity contribution in [3.8, 4) is 0 Å². The zero-order valence-electron chi connectivity index (χ0n) is 9.34. The van der Waals surface area contributed by atoms with Gasteiger partial charge >= 0.3 is 5.97 Å². The smallest absolute Gasteiger partial charge is 0.318 e. The molecule has 0 aromatic heterocycles. The third-order valence-corrected chi connectivity index (χ3v) is 4.15. The predicted octanol–water partition coefficient (Wildman–Crippen LogP) is 0.839. The lowest BCUT2D eigenvalue weighted by molar-refractivity contribution is -0.137. The summed E-state index contributed by atoms with van der Waals surface area (Å²) in [4.78, 5) is 10.4.